The van der Waals surface area contributed by atoms with Gasteiger partial charge in [0.2, 0.25) is 5.91 Å². The number of anilines is 1. The number of amides is 2. The fourth-order valence-corrected chi connectivity index (χ4v) is 2.04. The smallest absolute Gasteiger partial charge is 0.321 e. The molecular formula is C14H13F4N3O2. The molecule has 0 bridgehead atoms. The molecule has 1 aromatic rings. The summed E-state index contributed by atoms with van der Waals surface area (Å²) in [5, 5.41) is 5.66. The van der Waals surface area contributed by atoms with Crippen molar-refractivity contribution in [3.63, 3.8) is 0 Å². The van der Waals surface area contributed by atoms with Crippen LogP contribution in [-0.2, 0) is 9.59 Å². The zero-order chi connectivity index (χ0) is 17.2. The first kappa shape index (κ1) is 16.9. The summed E-state index contributed by atoms with van der Waals surface area (Å²) in [7, 11) is 0. The summed E-state index contributed by atoms with van der Waals surface area (Å²) in [6.45, 7) is 1.80. The lowest BCUT2D eigenvalue weighted by atomic mass is 9.94. The van der Waals surface area contributed by atoms with E-state index in [1.165, 1.54) is 24.3 Å². The molecule has 1 aliphatic heterocycles. The molecule has 9 heteroatoms. The highest BCUT2D eigenvalue weighted by Crippen LogP contribution is 2.25. The molecule has 2 N–H and O–H groups in total. The van der Waals surface area contributed by atoms with Crippen LogP contribution in [0, 0.1) is 5.92 Å². The van der Waals surface area contributed by atoms with Crippen LogP contribution in [0.15, 0.2) is 29.4 Å². The highest BCUT2D eigenvalue weighted by Gasteiger charge is 2.48. The van der Waals surface area contributed by atoms with Crippen molar-refractivity contribution >= 4 is 23.2 Å². The van der Waals surface area contributed by atoms with Crippen LogP contribution >= 0.6 is 0 Å². The van der Waals surface area contributed by atoms with E-state index >= 15 is 0 Å². The minimum atomic E-state index is -4.76. The third-order valence-electron chi connectivity index (χ3n) is 3.27. The maximum absolute atomic E-state index is 12.9. The fourth-order valence-electron chi connectivity index (χ4n) is 2.04. The summed E-state index contributed by atoms with van der Waals surface area (Å²) in [4.78, 5) is 22.3. The number of benzene rings is 1. The third-order valence-corrected chi connectivity index (χ3v) is 3.27. The van der Waals surface area contributed by atoms with E-state index < -0.39 is 18.3 Å². The Morgan fingerprint density at radius 3 is 2.48 bits per heavy atom. The summed E-state index contributed by atoms with van der Waals surface area (Å²) < 4.78 is 49.9. The number of carbonyl (C=O) groups excluding carboxylic acids is 2. The first-order chi connectivity index (χ1) is 10.7. The molecule has 2 amide bonds. The van der Waals surface area contributed by atoms with E-state index in [0.29, 0.717) is 11.3 Å². The van der Waals surface area contributed by atoms with Crippen LogP contribution in [0.2, 0.25) is 0 Å². The topological polar surface area (TPSA) is 70.6 Å². The molecule has 5 nitrogen and oxygen atoms in total. The second kappa shape index (κ2) is 6.35. The largest absolute Gasteiger partial charge is 0.383 e. The molecule has 0 aromatic heterocycles. The predicted molar refractivity (Wildman–Crippen MR) is 74.5 cm³/mol. The average Bonchev–Trinajstić information content (AvgIpc) is 2.48. The molecule has 124 valence electrons. The molecule has 0 spiro atoms. The van der Waals surface area contributed by atoms with Gasteiger partial charge in [-0.2, -0.15) is 13.9 Å². The maximum Gasteiger partial charge on any atom is 0.383 e. The van der Waals surface area contributed by atoms with Crippen LogP contribution in [0.1, 0.15) is 18.9 Å². The normalized spacial score (nSPS) is 18.4. The van der Waals surface area contributed by atoms with Crippen LogP contribution in [0.4, 0.5) is 23.2 Å². The molecular weight excluding hydrogens is 318 g/mol. The molecule has 0 radical (unpaired) electrons. The Balaban J connectivity index is 2.11. The molecule has 0 saturated heterocycles. The number of nitrogens with one attached hydrogen (secondary N) is 2. The summed E-state index contributed by atoms with van der Waals surface area (Å²) >= 11 is 0. The summed E-state index contributed by atoms with van der Waals surface area (Å²) in [5.74, 6) is -7.17. The van der Waals surface area contributed by atoms with E-state index in [1.54, 1.807) is 12.2 Å². The molecule has 1 aliphatic rings. The number of nitrogens with zero attached hydrogens (tertiary/aromatic N) is 1. The zero-order valence-corrected chi connectivity index (χ0v) is 11.9. The number of hydrazone groups is 1. The number of hydrogen-bond donors (Lipinski definition) is 2. The first-order valence-corrected chi connectivity index (χ1v) is 6.66. The van der Waals surface area contributed by atoms with Gasteiger partial charge in [-0.25, -0.2) is 14.2 Å². The van der Waals surface area contributed by atoms with Crippen molar-refractivity contribution in [3.05, 3.63) is 29.8 Å². The van der Waals surface area contributed by atoms with Crippen molar-refractivity contribution in [1.82, 2.24) is 5.43 Å². The van der Waals surface area contributed by atoms with Crippen molar-refractivity contribution < 1.29 is 27.2 Å². The minimum absolute atomic E-state index is 0.0489. The quantitative estimate of drug-likeness (QED) is 0.832. The van der Waals surface area contributed by atoms with Crippen molar-refractivity contribution in [2.24, 2.45) is 11.0 Å². The molecule has 23 heavy (non-hydrogen) atoms. The molecule has 1 unspecified atom stereocenters. The Labute approximate surface area is 128 Å². The average molecular weight is 331 g/mol. The number of hydrogen-bond acceptors (Lipinski definition) is 3. The van der Waals surface area contributed by atoms with Gasteiger partial charge in [0.1, 0.15) is 0 Å². The van der Waals surface area contributed by atoms with E-state index in [2.05, 4.69) is 10.5 Å². The van der Waals surface area contributed by atoms with Gasteiger partial charge in [0.15, 0.2) is 0 Å². The van der Waals surface area contributed by atoms with Gasteiger partial charge >= 0.3 is 18.3 Å². The van der Waals surface area contributed by atoms with Gasteiger partial charge in [-0.1, -0.05) is 19.1 Å². The zero-order valence-electron chi connectivity index (χ0n) is 11.9. The van der Waals surface area contributed by atoms with E-state index in [9.17, 15) is 27.2 Å². The van der Waals surface area contributed by atoms with Gasteiger partial charge < -0.3 is 5.32 Å². The lowest BCUT2D eigenvalue weighted by Gasteiger charge is -2.19. The molecule has 0 aliphatic carbocycles. The standard InChI is InChI=1S/C14H13F4N3O2/c1-7-6-10(22)20-21-11(7)8-2-4-9(5-3-8)19-13(23)14(17,18)12(15)16/h2-5,7,12H,6H2,1H3,(H,19,23)(H,20,22). The van der Waals surface area contributed by atoms with E-state index in [4.69, 9.17) is 0 Å². The Morgan fingerprint density at radius 2 is 1.96 bits per heavy atom. The van der Waals surface area contributed by atoms with Gasteiger partial charge in [0.25, 0.3) is 0 Å². The van der Waals surface area contributed by atoms with E-state index in [0.717, 1.165) is 0 Å². The second-order valence-corrected chi connectivity index (χ2v) is 5.09. The van der Waals surface area contributed by atoms with Gasteiger partial charge in [0, 0.05) is 18.0 Å². The van der Waals surface area contributed by atoms with Crippen molar-refractivity contribution in [2.45, 2.75) is 25.7 Å². The van der Waals surface area contributed by atoms with E-state index in [1.807, 2.05) is 0 Å². The molecule has 0 saturated carbocycles. The van der Waals surface area contributed by atoms with Gasteiger partial charge in [-0.05, 0) is 17.7 Å². The van der Waals surface area contributed by atoms with Gasteiger partial charge in [-0.15, -0.1) is 0 Å². The maximum atomic E-state index is 12.9. The second-order valence-electron chi connectivity index (χ2n) is 5.09. The number of rotatable bonds is 4. The van der Waals surface area contributed by atoms with Crippen molar-refractivity contribution in [3.8, 4) is 0 Å². The van der Waals surface area contributed by atoms with Crippen LogP contribution in [0.3, 0.4) is 0 Å². The van der Waals surface area contributed by atoms with Crippen molar-refractivity contribution in [1.29, 1.82) is 0 Å². The highest BCUT2D eigenvalue weighted by molar-refractivity contribution is 6.06. The SMILES string of the molecule is CC1CC(=O)NN=C1c1ccc(NC(=O)C(F)(F)C(F)F)cc1. The first-order valence-electron chi connectivity index (χ1n) is 6.66. The number of halogens is 4. The van der Waals surface area contributed by atoms with Crippen LogP contribution in [-0.4, -0.2) is 29.9 Å². The Morgan fingerprint density at radius 1 is 1.35 bits per heavy atom. The third kappa shape index (κ3) is 3.66. The van der Waals surface area contributed by atoms with Crippen molar-refractivity contribution in [2.75, 3.05) is 5.32 Å². The summed E-state index contributed by atoms with van der Waals surface area (Å²) in [6, 6.07) is 5.56. The highest BCUT2D eigenvalue weighted by atomic mass is 19.3. The Kier molecular flexibility index (Phi) is 4.67. The van der Waals surface area contributed by atoms with E-state index in [-0.39, 0.29) is 23.9 Å². The molecule has 0 fully saturated rings. The Bertz CT molecular complexity index is 644. The van der Waals surface area contributed by atoms with Crippen LogP contribution in [0.5, 0.6) is 0 Å². The summed E-state index contributed by atoms with van der Waals surface area (Å²) in [6.07, 6.45) is -3.82. The molecule has 1 aromatic carbocycles. The molecule has 1 atom stereocenters. The van der Waals surface area contributed by atoms with Gasteiger partial charge in [-0.3, -0.25) is 9.59 Å². The monoisotopic (exact) mass is 331 g/mol. The summed E-state index contributed by atoms with van der Waals surface area (Å²) in [5.41, 5.74) is 3.51. The van der Waals surface area contributed by atoms with Gasteiger partial charge in [0.05, 0.1) is 5.71 Å². The predicted octanol–water partition coefficient (Wildman–Crippen LogP) is 2.39. The lowest BCUT2D eigenvalue weighted by Crippen LogP contribution is -2.41. The number of alkyl halides is 4. The Hall–Kier alpha value is -2.45. The minimum Gasteiger partial charge on any atom is -0.321 e. The lowest BCUT2D eigenvalue weighted by molar-refractivity contribution is -0.163. The van der Waals surface area contributed by atoms with Crippen LogP contribution in [0.25, 0.3) is 0 Å². The number of carbonyl (C=O) groups is 2. The van der Waals surface area contributed by atoms with Crippen LogP contribution < -0.4 is 10.7 Å². The fraction of sp³-hybridized carbons (Fsp3) is 0.357. The molecule has 2 rings (SSSR count). The molecule has 1 heterocycles.